The van der Waals surface area contributed by atoms with E-state index in [0.29, 0.717) is 6.54 Å². The van der Waals surface area contributed by atoms with Crippen LogP contribution in [-0.2, 0) is 6.54 Å². The molecule has 0 aliphatic heterocycles. The van der Waals surface area contributed by atoms with E-state index in [4.69, 9.17) is 5.73 Å². The lowest BCUT2D eigenvalue weighted by Gasteiger charge is -2.37. The van der Waals surface area contributed by atoms with Gasteiger partial charge in [-0.15, -0.1) is 0 Å². The molecule has 18 heavy (non-hydrogen) atoms. The van der Waals surface area contributed by atoms with Gasteiger partial charge in [0.25, 0.3) is 0 Å². The van der Waals surface area contributed by atoms with Crippen molar-refractivity contribution in [2.75, 3.05) is 11.9 Å². The number of aryl methyl sites for hydroxylation is 1. The fourth-order valence-corrected chi connectivity index (χ4v) is 2.96. The molecule has 0 spiro atoms. The largest absolute Gasteiger partial charge is 0.391 e. The zero-order chi connectivity index (χ0) is 13.1. The standard InChI is InChI=1S/C15H24N2O/c1-11-9-12(10-16)7-8-13(11)17(2)14-5-3-4-6-15(14)18/h7-9,14-15,18H,3-6,10,16H2,1-2H3. The van der Waals surface area contributed by atoms with Crippen LogP contribution < -0.4 is 10.6 Å². The molecule has 3 N–H and O–H groups in total. The molecule has 0 aromatic heterocycles. The fraction of sp³-hybridized carbons (Fsp3) is 0.600. The number of hydrogen-bond acceptors (Lipinski definition) is 3. The minimum Gasteiger partial charge on any atom is -0.391 e. The van der Waals surface area contributed by atoms with Crippen LogP contribution in [0.4, 0.5) is 5.69 Å². The summed E-state index contributed by atoms with van der Waals surface area (Å²) in [5.41, 5.74) is 9.26. The molecule has 3 nitrogen and oxygen atoms in total. The van der Waals surface area contributed by atoms with Crippen LogP contribution in [0, 0.1) is 6.92 Å². The zero-order valence-corrected chi connectivity index (χ0v) is 11.4. The maximum Gasteiger partial charge on any atom is 0.0743 e. The topological polar surface area (TPSA) is 49.5 Å². The Labute approximate surface area is 110 Å². The number of likely N-dealkylation sites (N-methyl/N-ethyl adjacent to an activating group) is 1. The van der Waals surface area contributed by atoms with E-state index in [0.717, 1.165) is 24.8 Å². The molecule has 0 bridgehead atoms. The number of nitrogens with zero attached hydrogens (tertiary/aromatic N) is 1. The Bertz CT molecular complexity index is 405. The number of hydrogen-bond donors (Lipinski definition) is 2. The van der Waals surface area contributed by atoms with Crippen molar-refractivity contribution in [3.63, 3.8) is 0 Å². The minimum absolute atomic E-state index is 0.197. The van der Waals surface area contributed by atoms with E-state index in [9.17, 15) is 5.11 Å². The van der Waals surface area contributed by atoms with Gasteiger partial charge in [0.15, 0.2) is 0 Å². The summed E-state index contributed by atoms with van der Waals surface area (Å²) in [5.74, 6) is 0. The predicted octanol–water partition coefficient (Wildman–Crippen LogP) is 2.19. The second kappa shape index (κ2) is 5.72. The Morgan fingerprint density at radius 1 is 1.33 bits per heavy atom. The summed E-state index contributed by atoms with van der Waals surface area (Å²) in [6, 6.07) is 6.59. The van der Waals surface area contributed by atoms with Crippen LogP contribution in [0.3, 0.4) is 0 Å². The van der Waals surface area contributed by atoms with Crippen molar-refractivity contribution in [1.29, 1.82) is 0 Å². The van der Waals surface area contributed by atoms with E-state index in [1.165, 1.54) is 17.7 Å². The van der Waals surface area contributed by atoms with Crippen molar-refractivity contribution < 1.29 is 5.11 Å². The third-order valence-corrected chi connectivity index (χ3v) is 4.07. The minimum atomic E-state index is -0.197. The quantitative estimate of drug-likeness (QED) is 0.862. The number of nitrogens with two attached hydrogens (primary N) is 1. The highest BCUT2D eigenvalue weighted by Gasteiger charge is 2.27. The van der Waals surface area contributed by atoms with Gasteiger partial charge >= 0.3 is 0 Å². The first kappa shape index (κ1) is 13.4. The average molecular weight is 248 g/mol. The van der Waals surface area contributed by atoms with Crippen molar-refractivity contribution in [3.8, 4) is 0 Å². The molecule has 0 amide bonds. The molecule has 0 heterocycles. The maximum atomic E-state index is 10.1. The van der Waals surface area contributed by atoms with Crippen LogP contribution in [0.1, 0.15) is 36.8 Å². The third kappa shape index (κ3) is 2.68. The van der Waals surface area contributed by atoms with Crippen molar-refractivity contribution in [2.45, 2.75) is 51.3 Å². The van der Waals surface area contributed by atoms with Crippen LogP contribution in [0.5, 0.6) is 0 Å². The van der Waals surface area contributed by atoms with Crippen molar-refractivity contribution >= 4 is 5.69 Å². The van der Waals surface area contributed by atoms with E-state index in [-0.39, 0.29) is 12.1 Å². The summed E-state index contributed by atoms with van der Waals surface area (Å²) in [6.07, 6.45) is 4.17. The number of rotatable bonds is 3. The second-order valence-corrected chi connectivity index (χ2v) is 5.36. The van der Waals surface area contributed by atoms with Gasteiger partial charge in [-0.05, 0) is 37.0 Å². The lowest BCUT2D eigenvalue weighted by atomic mass is 9.91. The van der Waals surface area contributed by atoms with Crippen molar-refractivity contribution in [3.05, 3.63) is 29.3 Å². The van der Waals surface area contributed by atoms with Crippen molar-refractivity contribution in [2.24, 2.45) is 5.73 Å². The molecule has 1 aromatic carbocycles. The summed E-state index contributed by atoms with van der Waals surface area (Å²) in [7, 11) is 2.09. The molecular weight excluding hydrogens is 224 g/mol. The number of benzene rings is 1. The van der Waals surface area contributed by atoms with Gasteiger partial charge in [0.1, 0.15) is 0 Å². The first-order valence-corrected chi connectivity index (χ1v) is 6.84. The van der Waals surface area contributed by atoms with Crippen LogP contribution in [0.15, 0.2) is 18.2 Å². The molecule has 2 unspecified atom stereocenters. The van der Waals surface area contributed by atoms with Gasteiger partial charge in [-0.3, -0.25) is 0 Å². The average Bonchev–Trinajstić information content (AvgIpc) is 2.38. The molecule has 2 atom stereocenters. The Balaban J connectivity index is 2.19. The monoisotopic (exact) mass is 248 g/mol. The normalized spacial score (nSPS) is 24.0. The molecule has 1 aliphatic rings. The van der Waals surface area contributed by atoms with Gasteiger partial charge in [0.2, 0.25) is 0 Å². The van der Waals surface area contributed by atoms with Gasteiger partial charge < -0.3 is 15.7 Å². The first-order valence-electron chi connectivity index (χ1n) is 6.84. The van der Waals surface area contributed by atoms with Gasteiger partial charge in [-0.2, -0.15) is 0 Å². The molecular formula is C15H24N2O. The molecule has 1 saturated carbocycles. The number of aliphatic hydroxyl groups excluding tert-OH is 1. The summed E-state index contributed by atoms with van der Waals surface area (Å²) in [5, 5.41) is 10.1. The van der Waals surface area contributed by atoms with Crippen LogP contribution in [-0.4, -0.2) is 24.3 Å². The molecule has 3 heteroatoms. The van der Waals surface area contributed by atoms with E-state index in [1.54, 1.807) is 0 Å². The van der Waals surface area contributed by atoms with E-state index in [2.05, 4.69) is 37.1 Å². The van der Waals surface area contributed by atoms with Gasteiger partial charge in [0, 0.05) is 19.3 Å². The third-order valence-electron chi connectivity index (χ3n) is 4.07. The molecule has 2 rings (SSSR count). The lowest BCUT2D eigenvalue weighted by molar-refractivity contribution is 0.106. The smallest absolute Gasteiger partial charge is 0.0743 e. The summed E-state index contributed by atoms with van der Waals surface area (Å²) < 4.78 is 0. The molecule has 0 saturated heterocycles. The van der Waals surface area contributed by atoms with E-state index in [1.807, 2.05) is 0 Å². The van der Waals surface area contributed by atoms with Gasteiger partial charge in [0.05, 0.1) is 12.1 Å². The zero-order valence-electron chi connectivity index (χ0n) is 11.4. The summed E-state index contributed by atoms with van der Waals surface area (Å²) in [6.45, 7) is 2.69. The summed E-state index contributed by atoms with van der Waals surface area (Å²) in [4.78, 5) is 2.24. The lowest BCUT2D eigenvalue weighted by Crippen LogP contribution is -2.43. The molecule has 1 aromatic rings. The number of aliphatic hydroxyl groups is 1. The Kier molecular flexibility index (Phi) is 4.25. The number of anilines is 1. The van der Waals surface area contributed by atoms with Gasteiger partial charge in [-0.25, -0.2) is 0 Å². The highest BCUT2D eigenvalue weighted by atomic mass is 16.3. The van der Waals surface area contributed by atoms with Crippen LogP contribution >= 0.6 is 0 Å². The maximum absolute atomic E-state index is 10.1. The van der Waals surface area contributed by atoms with Crippen LogP contribution in [0.2, 0.25) is 0 Å². The molecule has 1 aliphatic carbocycles. The molecule has 0 radical (unpaired) electrons. The first-order chi connectivity index (χ1) is 8.63. The van der Waals surface area contributed by atoms with E-state index < -0.39 is 0 Å². The summed E-state index contributed by atoms with van der Waals surface area (Å²) >= 11 is 0. The van der Waals surface area contributed by atoms with E-state index >= 15 is 0 Å². The molecule has 100 valence electrons. The van der Waals surface area contributed by atoms with Gasteiger partial charge in [-0.1, -0.05) is 25.0 Å². The van der Waals surface area contributed by atoms with Crippen molar-refractivity contribution in [1.82, 2.24) is 0 Å². The van der Waals surface area contributed by atoms with Crippen LogP contribution in [0.25, 0.3) is 0 Å². The Morgan fingerprint density at radius 3 is 2.67 bits per heavy atom. The Morgan fingerprint density at radius 2 is 2.06 bits per heavy atom. The second-order valence-electron chi connectivity index (χ2n) is 5.36. The SMILES string of the molecule is Cc1cc(CN)ccc1N(C)C1CCCCC1O. The Hall–Kier alpha value is -1.06. The predicted molar refractivity (Wildman–Crippen MR) is 75.7 cm³/mol. The fourth-order valence-electron chi connectivity index (χ4n) is 2.96. The highest BCUT2D eigenvalue weighted by molar-refractivity contribution is 5.55. The molecule has 1 fully saturated rings. The highest BCUT2D eigenvalue weighted by Crippen LogP contribution is 2.28.